The van der Waals surface area contributed by atoms with Gasteiger partial charge in [0.15, 0.2) is 0 Å². The molecule has 0 spiro atoms. The Morgan fingerprint density at radius 2 is 1.90 bits per heavy atom. The minimum Gasteiger partial charge on any atom is -0.487 e. The Bertz CT molecular complexity index is 1130. The molecule has 1 amide bonds. The number of carbonyl (C=O) groups is 2. The third-order valence-corrected chi connectivity index (χ3v) is 7.44. The lowest BCUT2D eigenvalue weighted by molar-refractivity contribution is -0.149. The molecule has 1 fully saturated rings. The fourth-order valence-corrected chi connectivity index (χ4v) is 5.87. The van der Waals surface area contributed by atoms with Crippen LogP contribution in [0, 0.1) is 12.8 Å². The van der Waals surface area contributed by atoms with Gasteiger partial charge in [0, 0.05) is 24.7 Å². The van der Waals surface area contributed by atoms with E-state index in [2.05, 4.69) is 5.32 Å². The summed E-state index contributed by atoms with van der Waals surface area (Å²) in [7, 11) is -3.94. The number of para-hydroxylation sites is 1. The number of carbonyl (C=O) groups excluding carboxylic acids is 2. The van der Waals surface area contributed by atoms with Crippen molar-refractivity contribution < 1.29 is 27.5 Å². The molecule has 0 unspecified atom stereocenters. The Balaban J connectivity index is 1.73. The van der Waals surface area contributed by atoms with Crippen molar-refractivity contribution in [1.82, 2.24) is 4.31 Å². The van der Waals surface area contributed by atoms with Gasteiger partial charge in [0.05, 0.1) is 17.5 Å². The second-order valence-corrected chi connectivity index (χ2v) is 9.55. The van der Waals surface area contributed by atoms with Crippen LogP contribution < -0.4 is 10.1 Å². The van der Waals surface area contributed by atoms with Gasteiger partial charge in [0.2, 0.25) is 15.9 Å². The highest BCUT2D eigenvalue weighted by Crippen LogP contribution is 2.50. The molecule has 0 bridgehead atoms. The summed E-state index contributed by atoms with van der Waals surface area (Å²) in [4.78, 5) is 23.9. The number of nitrogens with one attached hydrogen (secondary N) is 1. The van der Waals surface area contributed by atoms with Crippen LogP contribution in [-0.2, 0) is 24.3 Å². The molecule has 2 aromatic rings. The van der Waals surface area contributed by atoms with E-state index in [-0.39, 0.29) is 24.0 Å². The maximum absolute atomic E-state index is 13.6. The van der Waals surface area contributed by atoms with Gasteiger partial charge >= 0.3 is 5.97 Å². The van der Waals surface area contributed by atoms with Gasteiger partial charge < -0.3 is 14.8 Å². The molecule has 0 aliphatic carbocycles. The van der Waals surface area contributed by atoms with E-state index in [0.717, 1.165) is 11.1 Å². The monoisotopic (exact) mass is 444 g/mol. The number of anilines is 1. The van der Waals surface area contributed by atoms with Crippen molar-refractivity contribution >= 4 is 27.6 Å². The summed E-state index contributed by atoms with van der Waals surface area (Å²) in [6.45, 7) is 5.15. The molecule has 31 heavy (non-hydrogen) atoms. The van der Waals surface area contributed by atoms with Crippen molar-refractivity contribution in [1.29, 1.82) is 0 Å². The predicted molar refractivity (Wildman–Crippen MR) is 113 cm³/mol. The molecule has 2 aromatic carbocycles. The van der Waals surface area contributed by atoms with Crippen molar-refractivity contribution in [3.8, 4) is 5.75 Å². The van der Waals surface area contributed by atoms with Crippen LogP contribution in [0.1, 0.15) is 31.0 Å². The summed E-state index contributed by atoms with van der Waals surface area (Å²) in [5.41, 5.74) is 2.13. The number of benzene rings is 2. The van der Waals surface area contributed by atoms with Gasteiger partial charge in [-0.25, -0.2) is 8.42 Å². The number of aryl methyl sites for hydroxylation is 1. The summed E-state index contributed by atoms with van der Waals surface area (Å²) >= 11 is 0. The number of nitrogens with zero attached hydrogens (tertiary/aromatic N) is 1. The maximum atomic E-state index is 13.6. The third-order valence-electron chi connectivity index (χ3n) is 5.58. The van der Waals surface area contributed by atoms with Crippen LogP contribution in [0.2, 0.25) is 0 Å². The average Bonchev–Trinajstić information content (AvgIpc) is 3.27. The van der Waals surface area contributed by atoms with Gasteiger partial charge in [-0.05, 0) is 43.7 Å². The lowest BCUT2D eigenvalue weighted by Gasteiger charge is -2.22. The van der Waals surface area contributed by atoms with E-state index in [0.29, 0.717) is 11.4 Å². The summed E-state index contributed by atoms with van der Waals surface area (Å²) in [6.07, 6.45) is -0.649. The van der Waals surface area contributed by atoms with Crippen molar-refractivity contribution in [2.75, 3.05) is 18.5 Å². The Hall–Kier alpha value is -2.91. The number of hydrogen-bond donors (Lipinski definition) is 1. The van der Waals surface area contributed by atoms with Crippen LogP contribution >= 0.6 is 0 Å². The van der Waals surface area contributed by atoms with E-state index in [1.165, 1.54) is 35.5 Å². The number of sulfonamides is 1. The van der Waals surface area contributed by atoms with E-state index in [1.54, 1.807) is 6.92 Å². The molecule has 0 radical (unpaired) electrons. The predicted octanol–water partition coefficient (Wildman–Crippen LogP) is 2.64. The van der Waals surface area contributed by atoms with Gasteiger partial charge in [-0.3, -0.25) is 9.59 Å². The molecule has 2 aliphatic rings. The largest absolute Gasteiger partial charge is 0.487 e. The number of rotatable bonds is 5. The topological polar surface area (TPSA) is 102 Å². The van der Waals surface area contributed by atoms with Gasteiger partial charge in [-0.2, -0.15) is 4.31 Å². The lowest BCUT2D eigenvalue weighted by Crippen LogP contribution is -2.32. The van der Waals surface area contributed by atoms with Crippen molar-refractivity contribution in [3.63, 3.8) is 0 Å². The lowest BCUT2D eigenvalue weighted by atomic mass is 9.98. The summed E-state index contributed by atoms with van der Waals surface area (Å²) in [5, 5.41) is 2.62. The van der Waals surface area contributed by atoms with E-state index in [4.69, 9.17) is 9.47 Å². The second kappa shape index (κ2) is 7.97. The molecule has 1 N–H and O–H groups in total. The molecule has 4 rings (SSSR count). The van der Waals surface area contributed by atoms with Crippen molar-refractivity contribution in [2.45, 2.75) is 37.8 Å². The molecule has 2 heterocycles. The van der Waals surface area contributed by atoms with Crippen LogP contribution in [0.4, 0.5) is 5.69 Å². The Kier molecular flexibility index (Phi) is 5.49. The number of hydrogen-bond acceptors (Lipinski definition) is 6. The van der Waals surface area contributed by atoms with Crippen LogP contribution in [0.25, 0.3) is 0 Å². The van der Waals surface area contributed by atoms with Gasteiger partial charge in [-0.1, -0.05) is 18.2 Å². The first kappa shape index (κ1) is 21.3. The number of ether oxygens (including phenoxy) is 2. The summed E-state index contributed by atoms with van der Waals surface area (Å²) < 4.78 is 39.8. The average molecular weight is 445 g/mol. The quantitative estimate of drug-likeness (QED) is 0.712. The highest BCUT2D eigenvalue weighted by atomic mass is 32.2. The Labute approximate surface area is 181 Å². The van der Waals surface area contributed by atoms with Crippen LogP contribution in [-0.4, -0.2) is 43.9 Å². The smallest absolute Gasteiger partial charge is 0.314 e. The number of fused-ring (bicyclic) bond motifs is 3. The number of esters is 1. The molecule has 0 aromatic heterocycles. The highest BCUT2D eigenvalue weighted by molar-refractivity contribution is 7.89. The Morgan fingerprint density at radius 1 is 1.19 bits per heavy atom. The van der Waals surface area contributed by atoms with E-state index in [9.17, 15) is 18.0 Å². The van der Waals surface area contributed by atoms with Gasteiger partial charge in [0.1, 0.15) is 17.8 Å². The first-order valence-corrected chi connectivity index (χ1v) is 11.5. The summed E-state index contributed by atoms with van der Waals surface area (Å²) in [5.74, 6) is -0.829. The molecule has 9 heteroatoms. The van der Waals surface area contributed by atoms with E-state index < -0.39 is 34.1 Å². The molecule has 8 nitrogen and oxygen atoms in total. The third kappa shape index (κ3) is 3.68. The van der Waals surface area contributed by atoms with Crippen molar-refractivity contribution in [3.05, 3.63) is 53.6 Å². The highest BCUT2D eigenvalue weighted by Gasteiger charge is 2.56. The van der Waals surface area contributed by atoms with Crippen molar-refractivity contribution in [2.24, 2.45) is 5.92 Å². The standard InChI is InChI=1S/C22H24N2O6S/c1-4-29-22(26)18-12-24(19-17-7-5-6-13(2)20(17)30-21(18)19)31(27,28)16-10-8-15(9-11-16)23-14(3)25/h5-11,18-19,21H,4,12H2,1-3H3,(H,23,25)/t18-,19+,21+/m1/s1. The van der Waals surface area contributed by atoms with Gasteiger partial charge in [0.25, 0.3) is 0 Å². The molecular formula is C22H24N2O6S. The zero-order valence-corrected chi connectivity index (χ0v) is 18.3. The van der Waals surface area contributed by atoms with E-state index >= 15 is 0 Å². The van der Waals surface area contributed by atoms with E-state index in [1.807, 2.05) is 25.1 Å². The second-order valence-electron chi connectivity index (χ2n) is 7.66. The normalized spacial score (nSPS) is 22.4. The zero-order chi connectivity index (χ0) is 22.3. The maximum Gasteiger partial charge on any atom is 0.314 e. The minimum atomic E-state index is -3.94. The molecular weight excluding hydrogens is 420 g/mol. The molecule has 1 saturated heterocycles. The zero-order valence-electron chi connectivity index (χ0n) is 17.5. The SMILES string of the molecule is CCOC(=O)[C@@H]1CN(S(=O)(=O)c2ccc(NC(C)=O)cc2)[C@H]2c3cccc(C)c3O[C@@H]12. The first-order valence-electron chi connectivity index (χ1n) is 10.1. The number of amides is 1. The fourth-order valence-electron chi connectivity index (χ4n) is 4.23. The van der Waals surface area contributed by atoms with Crippen LogP contribution in [0.15, 0.2) is 47.4 Å². The molecule has 0 saturated carbocycles. The first-order chi connectivity index (χ1) is 14.7. The molecule has 2 aliphatic heterocycles. The molecule has 164 valence electrons. The molecule has 3 atom stereocenters. The fraction of sp³-hybridized carbons (Fsp3) is 0.364. The summed E-state index contributed by atoms with van der Waals surface area (Å²) in [6, 6.07) is 10.9. The van der Waals surface area contributed by atoms with Crippen LogP contribution in [0.3, 0.4) is 0 Å². The van der Waals surface area contributed by atoms with Gasteiger partial charge in [-0.15, -0.1) is 0 Å². The minimum absolute atomic E-state index is 0.0304. The Morgan fingerprint density at radius 3 is 2.55 bits per heavy atom. The van der Waals surface area contributed by atoms with Crippen LogP contribution in [0.5, 0.6) is 5.75 Å².